The fourth-order valence-corrected chi connectivity index (χ4v) is 2.97. The molecular weight excluding hydrogens is 248 g/mol. The summed E-state index contributed by atoms with van der Waals surface area (Å²) in [7, 11) is 1.64. The van der Waals surface area contributed by atoms with E-state index in [1.807, 2.05) is 58.0 Å². The van der Waals surface area contributed by atoms with E-state index in [4.69, 9.17) is 4.74 Å². The van der Waals surface area contributed by atoms with Crippen molar-refractivity contribution in [2.75, 3.05) is 7.11 Å². The Morgan fingerprint density at radius 1 is 1.00 bits per heavy atom. The molecular formula is C18H22O2. The lowest BCUT2D eigenvalue weighted by molar-refractivity contribution is 0.0975. The van der Waals surface area contributed by atoms with Crippen LogP contribution in [-0.2, 0) is 5.60 Å². The molecule has 0 bridgehead atoms. The number of aryl methyl sites for hydroxylation is 3. The average Bonchev–Trinajstić information content (AvgIpc) is 2.37. The van der Waals surface area contributed by atoms with Gasteiger partial charge in [0.1, 0.15) is 11.4 Å². The number of hydrogen-bond acceptors (Lipinski definition) is 2. The van der Waals surface area contributed by atoms with Gasteiger partial charge in [0.2, 0.25) is 0 Å². The van der Waals surface area contributed by atoms with E-state index in [0.29, 0.717) is 0 Å². The van der Waals surface area contributed by atoms with Crippen LogP contribution in [0.1, 0.15) is 34.7 Å². The molecule has 0 fully saturated rings. The molecule has 0 aromatic heterocycles. The van der Waals surface area contributed by atoms with Crippen molar-refractivity contribution >= 4 is 0 Å². The van der Waals surface area contributed by atoms with Gasteiger partial charge in [-0.05, 0) is 56.0 Å². The van der Waals surface area contributed by atoms with Crippen molar-refractivity contribution in [3.63, 3.8) is 0 Å². The second-order valence-electron chi connectivity index (χ2n) is 5.55. The molecule has 0 spiro atoms. The molecule has 1 unspecified atom stereocenters. The van der Waals surface area contributed by atoms with E-state index in [0.717, 1.165) is 33.6 Å². The fourth-order valence-electron chi connectivity index (χ4n) is 2.97. The van der Waals surface area contributed by atoms with Crippen molar-refractivity contribution in [1.29, 1.82) is 0 Å². The zero-order chi connectivity index (χ0) is 14.9. The summed E-state index contributed by atoms with van der Waals surface area (Å²) in [6.07, 6.45) is 0. The third-order valence-electron chi connectivity index (χ3n) is 3.82. The summed E-state index contributed by atoms with van der Waals surface area (Å²) < 4.78 is 5.49. The molecule has 0 aliphatic rings. The van der Waals surface area contributed by atoms with Crippen molar-refractivity contribution in [1.82, 2.24) is 0 Å². The molecule has 20 heavy (non-hydrogen) atoms. The van der Waals surface area contributed by atoms with Crippen LogP contribution in [0.5, 0.6) is 5.75 Å². The van der Waals surface area contributed by atoms with E-state index in [1.165, 1.54) is 0 Å². The van der Waals surface area contributed by atoms with E-state index < -0.39 is 5.60 Å². The number of ether oxygens (including phenoxy) is 1. The van der Waals surface area contributed by atoms with Crippen molar-refractivity contribution in [2.45, 2.75) is 33.3 Å². The van der Waals surface area contributed by atoms with Crippen LogP contribution in [0.15, 0.2) is 36.4 Å². The SMILES string of the molecule is COc1cc(C)cc(C)c1C(C)(O)c1ccccc1C. The summed E-state index contributed by atoms with van der Waals surface area (Å²) in [5.74, 6) is 0.732. The van der Waals surface area contributed by atoms with Crippen LogP contribution in [0.2, 0.25) is 0 Å². The molecule has 2 heteroatoms. The van der Waals surface area contributed by atoms with Gasteiger partial charge in [0.25, 0.3) is 0 Å². The van der Waals surface area contributed by atoms with Crippen LogP contribution >= 0.6 is 0 Å². The maximum atomic E-state index is 11.1. The number of benzene rings is 2. The highest BCUT2D eigenvalue weighted by molar-refractivity contribution is 5.51. The highest BCUT2D eigenvalue weighted by atomic mass is 16.5. The van der Waals surface area contributed by atoms with Gasteiger partial charge in [0.15, 0.2) is 0 Å². The first-order valence-corrected chi connectivity index (χ1v) is 6.82. The normalized spacial score (nSPS) is 13.9. The lowest BCUT2D eigenvalue weighted by Gasteiger charge is -2.29. The molecule has 0 aliphatic carbocycles. The summed E-state index contributed by atoms with van der Waals surface area (Å²) >= 11 is 0. The maximum Gasteiger partial charge on any atom is 0.125 e. The zero-order valence-electron chi connectivity index (χ0n) is 12.8. The van der Waals surface area contributed by atoms with Crippen LogP contribution in [0.4, 0.5) is 0 Å². The second kappa shape index (κ2) is 5.29. The van der Waals surface area contributed by atoms with E-state index >= 15 is 0 Å². The first kappa shape index (κ1) is 14.6. The molecule has 1 N–H and O–H groups in total. The molecule has 2 rings (SSSR count). The monoisotopic (exact) mass is 270 g/mol. The summed E-state index contributed by atoms with van der Waals surface area (Å²) in [5.41, 5.74) is 3.90. The van der Waals surface area contributed by atoms with E-state index in [9.17, 15) is 5.11 Å². The first-order chi connectivity index (χ1) is 9.37. The number of aliphatic hydroxyl groups is 1. The predicted octanol–water partition coefficient (Wildman–Crippen LogP) is 3.88. The van der Waals surface area contributed by atoms with Crippen molar-refractivity contribution in [3.05, 3.63) is 64.2 Å². The summed E-state index contributed by atoms with van der Waals surface area (Å²) in [6.45, 7) is 7.88. The molecule has 2 nitrogen and oxygen atoms in total. The molecule has 2 aromatic rings. The van der Waals surface area contributed by atoms with Crippen molar-refractivity contribution < 1.29 is 9.84 Å². The third kappa shape index (κ3) is 2.44. The molecule has 1 atom stereocenters. The van der Waals surface area contributed by atoms with Gasteiger partial charge in [0, 0.05) is 5.56 Å². The molecule has 0 heterocycles. The maximum absolute atomic E-state index is 11.1. The van der Waals surface area contributed by atoms with Crippen LogP contribution < -0.4 is 4.74 Å². The Morgan fingerprint density at radius 2 is 1.65 bits per heavy atom. The molecule has 106 valence electrons. The first-order valence-electron chi connectivity index (χ1n) is 6.82. The Kier molecular flexibility index (Phi) is 3.87. The quantitative estimate of drug-likeness (QED) is 0.917. The Hall–Kier alpha value is -1.80. The molecule has 0 saturated heterocycles. The number of hydrogen-bond donors (Lipinski definition) is 1. The largest absolute Gasteiger partial charge is 0.496 e. The van der Waals surface area contributed by atoms with Gasteiger partial charge >= 0.3 is 0 Å². The minimum Gasteiger partial charge on any atom is -0.496 e. The van der Waals surface area contributed by atoms with Gasteiger partial charge in [0.05, 0.1) is 7.11 Å². The molecule has 0 saturated carbocycles. The zero-order valence-corrected chi connectivity index (χ0v) is 12.8. The average molecular weight is 270 g/mol. The fraction of sp³-hybridized carbons (Fsp3) is 0.333. The second-order valence-corrected chi connectivity index (χ2v) is 5.55. The van der Waals surface area contributed by atoms with E-state index in [-0.39, 0.29) is 0 Å². The Labute approximate surface area is 121 Å². The van der Waals surface area contributed by atoms with Gasteiger partial charge in [-0.3, -0.25) is 0 Å². The number of rotatable bonds is 3. The van der Waals surface area contributed by atoms with Crippen LogP contribution in [0.25, 0.3) is 0 Å². The molecule has 0 aliphatic heterocycles. The summed E-state index contributed by atoms with van der Waals surface area (Å²) in [5, 5.41) is 11.1. The lowest BCUT2D eigenvalue weighted by atomic mass is 9.82. The van der Waals surface area contributed by atoms with Gasteiger partial charge in [-0.1, -0.05) is 30.3 Å². The van der Waals surface area contributed by atoms with Gasteiger partial charge in [-0.25, -0.2) is 0 Å². The minimum atomic E-state index is -1.07. The molecule has 2 aromatic carbocycles. The van der Waals surface area contributed by atoms with Gasteiger partial charge in [-0.15, -0.1) is 0 Å². The predicted molar refractivity (Wildman–Crippen MR) is 82.3 cm³/mol. The Bertz CT molecular complexity index is 627. The smallest absolute Gasteiger partial charge is 0.125 e. The Balaban J connectivity index is 2.69. The van der Waals surface area contributed by atoms with Gasteiger partial charge in [-0.2, -0.15) is 0 Å². The third-order valence-corrected chi connectivity index (χ3v) is 3.82. The van der Waals surface area contributed by atoms with Crippen molar-refractivity contribution in [2.24, 2.45) is 0 Å². The van der Waals surface area contributed by atoms with Crippen molar-refractivity contribution in [3.8, 4) is 5.75 Å². The number of methoxy groups -OCH3 is 1. The lowest BCUT2D eigenvalue weighted by Crippen LogP contribution is -2.26. The molecule has 0 radical (unpaired) electrons. The van der Waals surface area contributed by atoms with E-state index in [1.54, 1.807) is 7.11 Å². The highest BCUT2D eigenvalue weighted by Crippen LogP contribution is 2.39. The summed E-state index contributed by atoms with van der Waals surface area (Å²) in [4.78, 5) is 0. The standard InChI is InChI=1S/C18H22O2/c1-12-10-14(3)17(16(11-12)20-5)18(4,19)15-9-7-6-8-13(15)2/h6-11,19H,1-5H3. The minimum absolute atomic E-state index is 0.732. The van der Waals surface area contributed by atoms with Gasteiger partial charge < -0.3 is 9.84 Å². The van der Waals surface area contributed by atoms with E-state index in [2.05, 4.69) is 6.07 Å². The van der Waals surface area contributed by atoms with Crippen LogP contribution in [0.3, 0.4) is 0 Å². The topological polar surface area (TPSA) is 29.5 Å². The highest BCUT2D eigenvalue weighted by Gasteiger charge is 2.32. The van der Waals surface area contributed by atoms with Crippen LogP contribution in [-0.4, -0.2) is 12.2 Å². The van der Waals surface area contributed by atoms with Crippen LogP contribution in [0, 0.1) is 20.8 Å². The Morgan fingerprint density at radius 3 is 2.25 bits per heavy atom. The molecule has 0 amide bonds. The summed E-state index contributed by atoms with van der Waals surface area (Å²) in [6, 6.07) is 12.0.